The molecule has 0 aliphatic carbocycles. The maximum atomic E-state index is 12.2. The second-order valence-electron chi connectivity index (χ2n) is 3.88. The lowest BCUT2D eigenvalue weighted by atomic mass is 10.3. The summed E-state index contributed by atoms with van der Waals surface area (Å²) in [6.45, 7) is 1.52. The molecule has 6 nitrogen and oxygen atoms in total. The molecule has 0 radical (unpaired) electrons. The summed E-state index contributed by atoms with van der Waals surface area (Å²) in [6, 6.07) is 4.49. The predicted octanol–water partition coefficient (Wildman–Crippen LogP) is 2.21. The minimum atomic E-state index is -3.82. The molecule has 0 fully saturated rings. The number of ether oxygens (including phenoxy) is 1. The van der Waals surface area contributed by atoms with Crippen LogP contribution >= 0.6 is 22.9 Å². The molecule has 1 aromatic heterocycles. The van der Waals surface area contributed by atoms with Gasteiger partial charge < -0.3 is 9.72 Å². The quantitative estimate of drug-likeness (QED) is 0.897. The highest BCUT2D eigenvalue weighted by atomic mass is 35.5. The van der Waals surface area contributed by atoms with Gasteiger partial charge in [-0.1, -0.05) is 22.9 Å². The summed E-state index contributed by atoms with van der Waals surface area (Å²) in [5.74, 6) is 0.353. The molecule has 0 atom stereocenters. The highest BCUT2D eigenvalue weighted by molar-refractivity contribution is 7.94. The van der Waals surface area contributed by atoms with Crippen LogP contribution in [0.3, 0.4) is 0 Å². The number of aromatic nitrogens is 1. The smallest absolute Gasteiger partial charge is 0.306 e. The van der Waals surface area contributed by atoms with Crippen LogP contribution in [0, 0.1) is 6.92 Å². The van der Waals surface area contributed by atoms with Crippen molar-refractivity contribution in [2.75, 3.05) is 11.8 Å². The van der Waals surface area contributed by atoms with Gasteiger partial charge >= 0.3 is 4.87 Å². The third kappa shape index (κ3) is 2.97. The van der Waals surface area contributed by atoms with E-state index < -0.39 is 14.9 Å². The number of halogens is 1. The molecule has 9 heteroatoms. The number of hydrogen-bond acceptors (Lipinski definition) is 5. The molecule has 1 aromatic carbocycles. The van der Waals surface area contributed by atoms with Crippen LogP contribution in [0.25, 0.3) is 0 Å². The molecule has 108 valence electrons. The van der Waals surface area contributed by atoms with Crippen molar-refractivity contribution in [1.82, 2.24) is 4.98 Å². The fraction of sp³-hybridized carbons (Fsp3) is 0.182. The molecular weight excluding hydrogens is 324 g/mol. The molecule has 2 aromatic rings. The molecule has 0 saturated heterocycles. The molecule has 1 heterocycles. The first kappa shape index (κ1) is 14.9. The summed E-state index contributed by atoms with van der Waals surface area (Å²) >= 11 is 6.50. The number of methoxy groups -OCH3 is 1. The first-order chi connectivity index (χ1) is 9.33. The summed E-state index contributed by atoms with van der Waals surface area (Å²) in [5, 5.41) is 0.373. The Morgan fingerprint density at radius 1 is 1.40 bits per heavy atom. The molecular formula is C11H11ClN2O4S2. The van der Waals surface area contributed by atoms with Gasteiger partial charge in [-0.25, -0.2) is 8.42 Å². The fourth-order valence-electron chi connectivity index (χ4n) is 1.57. The number of sulfonamides is 1. The van der Waals surface area contributed by atoms with Crippen molar-refractivity contribution in [3.05, 3.63) is 38.6 Å². The summed E-state index contributed by atoms with van der Waals surface area (Å²) in [7, 11) is -2.39. The van der Waals surface area contributed by atoms with Crippen LogP contribution in [-0.2, 0) is 10.0 Å². The Kier molecular flexibility index (Phi) is 4.07. The average Bonchev–Trinajstić information content (AvgIpc) is 2.71. The maximum Gasteiger partial charge on any atom is 0.306 e. The second-order valence-corrected chi connectivity index (χ2v) is 7.15. The van der Waals surface area contributed by atoms with E-state index >= 15 is 0 Å². The number of nitrogens with one attached hydrogen (secondary N) is 2. The Labute approximate surface area is 124 Å². The molecule has 0 unspecified atom stereocenters. The molecule has 0 aliphatic rings. The van der Waals surface area contributed by atoms with Crippen LogP contribution in [0.1, 0.15) is 5.69 Å². The number of thiazole rings is 1. The van der Waals surface area contributed by atoms with Crippen molar-refractivity contribution < 1.29 is 13.2 Å². The zero-order chi connectivity index (χ0) is 14.9. The van der Waals surface area contributed by atoms with Gasteiger partial charge in [0.15, 0.2) is 4.21 Å². The van der Waals surface area contributed by atoms with Gasteiger partial charge in [-0.15, -0.1) is 0 Å². The number of H-pyrrole nitrogens is 1. The third-order valence-corrected chi connectivity index (χ3v) is 5.73. The van der Waals surface area contributed by atoms with Gasteiger partial charge in [-0.3, -0.25) is 9.52 Å². The number of aromatic amines is 1. The Morgan fingerprint density at radius 2 is 2.10 bits per heavy atom. The van der Waals surface area contributed by atoms with Crippen LogP contribution in [0.5, 0.6) is 5.75 Å². The first-order valence-corrected chi connectivity index (χ1v) is 8.07. The molecule has 2 rings (SSSR count). The highest BCUT2D eigenvalue weighted by Crippen LogP contribution is 2.29. The van der Waals surface area contributed by atoms with E-state index in [1.54, 1.807) is 0 Å². The minimum Gasteiger partial charge on any atom is -0.495 e. The van der Waals surface area contributed by atoms with Gasteiger partial charge in [0.2, 0.25) is 0 Å². The van der Waals surface area contributed by atoms with Crippen molar-refractivity contribution in [1.29, 1.82) is 0 Å². The van der Waals surface area contributed by atoms with Gasteiger partial charge in [-0.05, 0) is 19.1 Å². The first-order valence-electron chi connectivity index (χ1n) is 5.39. The van der Waals surface area contributed by atoms with Crippen LogP contribution in [0.4, 0.5) is 5.69 Å². The Morgan fingerprint density at radius 3 is 2.65 bits per heavy atom. The Balaban J connectivity index is 2.38. The van der Waals surface area contributed by atoms with Crippen molar-refractivity contribution in [3.8, 4) is 5.75 Å². The van der Waals surface area contributed by atoms with Gasteiger partial charge in [0.1, 0.15) is 5.75 Å². The fourth-order valence-corrected chi connectivity index (χ4v) is 4.12. The van der Waals surface area contributed by atoms with Gasteiger partial charge in [0.05, 0.1) is 17.8 Å². The van der Waals surface area contributed by atoms with Crippen LogP contribution < -0.4 is 14.3 Å². The standard InChI is InChI=1S/C11H11ClN2O4S2/c1-6-10(19-11(15)13-6)20(16,17)14-7-3-4-8(12)9(5-7)18-2/h3-5,14H,1-2H3,(H,13,15). The number of anilines is 1. The van der Waals surface area contributed by atoms with Gasteiger partial charge in [-0.2, -0.15) is 0 Å². The van der Waals surface area contributed by atoms with E-state index in [9.17, 15) is 13.2 Å². The maximum absolute atomic E-state index is 12.2. The molecule has 0 bridgehead atoms. The zero-order valence-electron chi connectivity index (χ0n) is 10.6. The Bertz CT molecular complexity index is 795. The lowest BCUT2D eigenvalue weighted by Gasteiger charge is -2.09. The van der Waals surface area contributed by atoms with Crippen LogP contribution in [0.15, 0.2) is 27.2 Å². The van der Waals surface area contributed by atoms with Crippen molar-refractivity contribution in [2.24, 2.45) is 0 Å². The highest BCUT2D eigenvalue weighted by Gasteiger charge is 2.21. The summed E-state index contributed by atoms with van der Waals surface area (Å²) in [4.78, 5) is 13.2. The molecule has 0 aliphatic heterocycles. The predicted molar refractivity (Wildman–Crippen MR) is 78.5 cm³/mol. The normalized spacial score (nSPS) is 11.3. The molecule has 2 N–H and O–H groups in total. The van der Waals surface area contributed by atoms with E-state index in [-0.39, 0.29) is 4.21 Å². The number of hydrogen-bond donors (Lipinski definition) is 2. The monoisotopic (exact) mass is 334 g/mol. The lowest BCUT2D eigenvalue weighted by Crippen LogP contribution is -2.12. The SMILES string of the molecule is COc1cc(NS(=O)(=O)c2sc(=O)[nH]c2C)ccc1Cl. The minimum absolute atomic E-state index is 0.0450. The van der Waals surface area contributed by atoms with E-state index in [0.717, 1.165) is 0 Å². The van der Waals surface area contributed by atoms with E-state index in [1.165, 1.54) is 32.2 Å². The largest absolute Gasteiger partial charge is 0.495 e. The number of aryl methyl sites for hydroxylation is 1. The van der Waals surface area contributed by atoms with Crippen molar-refractivity contribution in [2.45, 2.75) is 11.1 Å². The molecule has 20 heavy (non-hydrogen) atoms. The number of rotatable bonds is 4. The molecule has 0 amide bonds. The van der Waals surface area contributed by atoms with Crippen molar-refractivity contribution in [3.63, 3.8) is 0 Å². The van der Waals surface area contributed by atoms with E-state index in [0.29, 0.717) is 33.5 Å². The number of benzene rings is 1. The lowest BCUT2D eigenvalue weighted by molar-refractivity contribution is 0.415. The van der Waals surface area contributed by atoms with E-state index in [2.05, 4.69) is 9.71 Å². The summed E-state index contributed by atoms with van der Waals surface area (Å²) < 4.78 is 31.7. The average molecular weight is 335 g/mol. The zero-order valence-corrected chi connectivity index (χ0v) is 12.9. The van der Waals surface area contributed by atoms with E-state index in [1.807, 2.05) is 0 Å². The summed E-state index contributed by atoms with van der Waals surface area (Å²) in [6.07, 6.45) is 0. The van der Waals surface area contributed by atoms with Gasteiger partial charge in [0.25, 0.3) is 10.0 Å². The topological polar surface area (TPSA) is 88.3 Å². The molecule has 0 saturated carbocycles. The van der Waals surface area contributed by atoms with Crippen LogP contribution in [0.2, 0.25) is 5.02 Å². The molecule has 0 spiro atoms. The van der Waals surface area contributed by atoms with Crippen LogP contribution in [-0.4, -0.2) is 20.5 Å². The van der Waals surface area contributed by atoms with Crippen molar-refractivity contribution >= 4 is 38.6 Å². The Hall–Kier alpha value is -1.51. The second kappa shape index (κ2) is 5.47. The van der Waals surface area contributed by atoms with Gasteiger partial charge in [0, 0.05) is 11.8 Å². The third-order valence-electron chi connectivity index (χ3n) is 2.43. The van der Waals surface area contributed by atoms with E-state index in [4.69, 9.17) is 16.3 Å². The summed E-state index contributed by atoms with van der Waals surface area (Å²) in [5.41, 5.74) is 0.597.